The highest BCUT2D eigenvalue weighted by atomic mass is 79.9. The van der Waals surface area contributed by atoms with Crippen LogP contribution in [0.1, 0.15) is 15.9 Å². The minimum atomic E-state index is -1.08. The predicted octanol–water partition coefficient (Wildman–Crippen LogP) is 4.19. The number of aliphatic hydroxyl groups is 1. The maximum atomic E-state index is 10.4. The Morgan fingerprint density at radius 1 is 1.10 bits per heavy atom. The van der Waals surface area contributed by atoms with Crippen molar-refractivity contribution in [2.75, 3.05) is 0 Å². The van der Waals surface area contributed by atoms with Gasteiger partial charge in [0.15, 0.2) is 0 Å². The van der Waals surface area contributed by atoms with Gasteiger partial charge in [-0.3, -0.25) is 0 Å². The van der Waals surface area contributed by atoms with Crippen LogP contribution in [0.4, 0.5) is 0 Å². The fourth-order valence-electron chi connectivity index (χ4n) is 1.15. The zero-order chi connectivity index (χ0) is 16.0. The summed E-state index contributed by atoms with van der Waals surface area (Å²) in [7, 11) is 0. The summed E-state index contributed by atoms with van der Waals surface area (Å²) in [6, 6.07) is 3.13. The van der Waals surface area contributed by atoms with Gasteiger partial charge in [0.05, 0.1) is 12.2 Å². The molecule has 0 amide bonds. The number of aromatic nitrogens is 2. The van der Waals surface area contributed by atoms with E-state index in [1.54, 1.807) is 12.3 Å². The normalized spacial score (nSPS) is 9.76. The van der Waals surface area contributed by atoms with E-state index in [2.05, 4.69) is 41.8 Å². The van der Waals surface area contributed by atoms with Crippen molar-refractivity contribution in [3.05, 3.63) is 54.9 Å². The Morgan fingerprint density at radius 2 is 1.62 bits per heavy atom. The van der Waals surface area contributed by atoms with Crippen molar-refractivity contribution in [2.45, 2.75) is 6.61 Å². The molecule has 2 N–H and O–H groups in total. The SMILES string of the molecule is O=C(O)c1cc(Br)cnc1Cl.OCc1cc(Br)cnc1Cl. The monoisotopic (exact) mass is 456 g/mol. The molecule has 2 heterocycles. The summed E-state index contributed by atoms with van der Waals surface area (Å²) < 4.78 is 1.42. The summed E-state index contributed by atoms with van der Waals surface area (Å²) >= 11 is 17.4. The largest absolute Gasteiger partial charge is 0.478 e. The predicted molar refractivity (Wildman–Crippen MR) is 86.8 cm³/mol. The zero-order valence-corrected chi connectivity index (χ0v) is 14.9. The lowest BCUT2D eigenvalue weighted by atomic mass is 10.3. The number of nitrogens with zero attached hydrogens (tertiary/aromatic N) is 2. The van der Waals surface area contributed by atoms with Gasteiger partial charge in [0.25, 0.3) is 0 Å². The molecule has 0 fully saturated rings. The second-order valence-corrected chi connectivity index (χ2v) is 6.11. The van der Waals surface area contributed by atoms with Crippen molar-refractivity contribution in [3.63, 3.8) is 0 Å². The topological polar surface area (TPSA) is 83.3 Å². The number of aliphatic hydroxyl groups excluding tert-OH is 1. The van der Waals surface area contributed by atoms with Crippen LogP contribution < -0.4 is 0 Å². The summed E-state index contributed by atoms with van der Waals surface area (Å²) in [5.41, 5.74) is 0.636. The molecular formula is C12H8Br2Cl2N2O3. The quantitative estimate of drug-likeness (QED) is 0.659. The first-order valence-corrected chi connectivity index (χ1v) is 7.64. The highest BCUT2D eigenvalue weighted by molar-refractivity contribution is 9.10. The van der Waals surface area contributed by atoms with Gasteiger partial charge >= 0.3 is 5.97 Å². The van der Waals surface area contributed by atoms with Crippen LogP contribution >= 0.6 is 55.1 Å². The smallest absolute Gasteiger partial charge is 0.338 e. The minimum Gasteiger partial charge on any atom is -0.478 e. The second-order valence-electron chi connectivity index (χ2n) is 3.56. The van der Waals surface area contributed by atoms with E-state index in [-0.39, 0.29) is 17.3 Å². The van der Waals surface area contributed by atoms with Crippen LogP contribution in [0.15, 0.2) is 33.5 Å². The molecule has 0 bridgehead atoms. The van der Waals surface area contributed by atoms with Crippen molar-refractivity contribution in [1.82, 2.24) is 9.97 Å². The maximum Gasteiger partial charge on any atom is 0.338 e. The lowest BCUT2D eigenvalue weighted by molar-refractivity contribution is 0.0696. The molecule has 0 aliphatic carbocycles. The molecule has 21 heavy (non-hydrogen) atoms. The van der Waals surface area contributed by atoms with E-state index in [1.807, 2.05) is 0 Å². The van der Waals surface area contributed by atoms with Crippen molar-refractivity contribution >= 4 is 61.0 Å². The number of hydrogen-bond acceptors (Lipinski definition) is 4. The number of pyridine rings is 2. The fourth-order valence-corrected chi connectivity index (χ4v) is 2.21. The Kier molecular flexibility index (Phi) is 7.55. The lowest BCUT2D eigenvalue weighted by Crippen LogP contribution is -1.98. The van der Waals surface area contributed by atoms with E-state index in [0.29, 0.717) is 15.2 Å². The van der Waals surface area contributed by atoms with Gasteiger partial charge in [-0.15, -0.1) is 0 Å². The Morgan fingerprint density at radius 3 is 2.05 bits per heavy atom. The van der Waals surface area contributed by atoms with Gasteiger partial charge in [-0.2, -0.15) is 0 Å². The number of carboxylic acid groups (broad SMARTS) is 1. The Balaban J connectivity index is 0.000000211. The molecule has 0 spiro atoms. The molecule has 0 unspecified atom stereocenters. The van der Waals surface area contributed by atoms with Crippen molar-refractivity contribution < 1.29 is 15.0 Å². The van der Waals surface area contributed by atoms with Gasteiger partial charge in [0.2, 0.25) is 0 Å². The molecule has 2 rings (SSSR count). The van der Waals surface area contributed by atoms with Gasteiger partial charge in [-0.1, -0.05) is 23.2 Å². The summed E-state index contributed by atoms with van der Waals surface area (Å²) in [6.45, 7) is -0.0781. The molecule has 0 saturated carbocycles. The molecule has 2 aromatic heterocycles. The van der Waals surface area contributed by atoms with Gasteiger partial charge < -0.3 is 10.2 Å². The van der Waals surface area contributed by atoms with Gasteiger partial charge in [0, 0.05) is 26.9 Å². The first-order valence-electron chi connectivity index (χ1n) is 5.30. The first kappa shape index (κ1) is 18.3. The van der Waals surface area contributed by atoms with Gasteiger partial charge in [-0.25, -0.2) is 14.8 Å². The Bertz CT molecular complexity index is 656. The molecule has 2 aromatic rings. The van der Waals surface area contributed by atoms with Crippen LogP contribution in [-0.4, -0.2) is 26.2 Å². The highest BCUT2D eigenvalue weighted by Crippen LogP contribution is 2.18. The second kappa shape index (κ2) is 8.65. The molecular weight excluding hydrogens is 451 g/mol. The third-order valence-electron chi connectivity index (χ3n) is 2.08. The molecule has 0 aliphatic heterocycles. The van der Waals surface area contributed by atoms with Gasteiger partial charge in [0.1, 0.15) is 10.3 Å². The number of rotatable bonds is 2. The molecule has 0 saturated heterocycles. The average Bonchev–Trinajstić information content (AvgIpc) is 2.44. The number of halogens is 4. The lowest BCUT2D eigenvalue weighted by Gasteiger charge is -1.97. The van der Waals surface area contributed by atoms with E-state index >= 15 is 0 Å². The molecule has 0 aliphatic rings. The zero-order valence-electron chi connectivity index (χ0n) is 10.2. The number of hydrogen-bond donors (Lipinski definition) is 2. The van der Waals surface area contributed by atoms with Crippen LogP contribution in [0.2, 0.25) is 10.3 Å². The summed E-state index contributed by atoms with van der Waals surface area (Å²) in [5, 5.41) is 17.6. The van der Waals surface area contributed by atoms with Crippen LogP contribution in [-0.2, 0) is 6.61 Å². The van der Waals surface area contributed by atoms with Crippen LogP contribution in [0, 0.1) is 0 Å². The van der Waals surface area contributed by atoms with E-state index in [0.717, 1.165) is 4.47 Å². The average molecular weight is 459 g/mol. The molecule has 0 aromatic carbocycles. The summed E-state index contributed by atoms with van der Waals surface area (Å²) in [5.74, 6) is -1.08. The van der Waals surface area contributed by atoms with Crippen molar-refractivity contribution in [2.24, 2.45) is 0 Å². The minimum absolute atomic E-state index is 0.000648. The molecule has 5 nitrogen and oxygen atoms in total. The van der Waals surface area contributed by atoms with Crippen LogP contribution in [0.3, 0.4) is 0 Å². The standard InChI is InChI=1S/C6H3BrClNO2.C6H5BrClNO/c7-3-1-4(6(10)11)5(8)9-2-3;7-5-1-4(3-10)6(8)9-2-5/h1-2H,(H,10,11);1-2,10H,3H2. The third-order valence-corrected chi connectivity index (χ3v) is 3.59. The van der Waals surface area contributed by atoms with E-state index in [4.69, 9.17) is 33.4 Å². The number of carboxylic acids is 1. The van der Waals surface area contributed by atoms with E-state index in [1.165, 1.54) is 12.3 Å². The fraction of sp³-hybridized carbons (Fsp3) is 0.0833. The Labute approximate surface area is 147 Å². The van der Waals surface area contributed by atoms with Gasteiger partial charge in [-0.05, 0) is 44.0 Å². The van der Waals surface area contributed by atoms with Crippen molar-refractivity contribution in [3.8, 4) is 0 Å². The molecule has 0 radical (unpaired) electrons. The maximum absolute atomic E-state index is 10.4. The highest BCUT2D eigenvalue weighted by Gasteiger charge is 2.09. The third kappa shape index (κ3) is 5.88. The molecule has 0 atom stereocenters. The van der Waals surface area contributed by atoms with E-state index < -0.39 is 5.97 Å². The first-order chi connectivity index (χ1) is 9.85. The molecule has 9 heteroatoms. The number of aromatic carboxylic acids is 1. The Hall–Kier alpha value is -0.730. The number of carbonyl (C=O) groups is 1. The molecule has 112 valence electrons. The van der Waals surface area contributed by atoms with E-state index in [9.17, 15) is 4.79 Å². The van der Waals surface area contributed by atoms with Crippen LogP contribution in [0.5, 0.6) is 0 Å². The summed E-state index contributed by atoms with van der Waals surface area (Å²) in [6.07, 6.45) is 3.02. The summed E-state index contributed by atoms with van der Waals surface area (Å²) in [4.78, 5) is 17.9. The van der Waals surface area contributed by atoms with Crippen molar-refractivity contribution in [1.29, 1.82) is 0 Å². The van der Waals surface area contributed by atoms with Crippen LogP contribution in [0.25, 0.3) is 0 Å².